The van der Waals surface area contributed by atoms with Crippen molar-refractivity contribution >= 4 is 17.4 Å². The highest BCUT2D eigenvalue weighted by atomic mass is 32.2. The van der Waals surface area contributed by atoms with Crippen molar-refractivity contribution in [2.75, 3.05) is 24.7 Å². The van der Waals surface area contributed by atoms with Gasteiger partial charge in [0, 0.05) is 18.4 Å². The van der Waals surface area contributed by atoms with Gasteiger partial charge in [0.15, 0.2) is 0 Å². The molecule has 1 N–H and O–H groups in total. The van der Waals surface area contributed by atoms with Crippen LogP contribution in [0.4, 0.5) is 18.9 Å². The fourth-order valence-corrected chi connectivity index (χ4v) is 1.40. The van der Waals surface area contributed by atoms with Crippen LogP contribution in [0.2, 0.25) is 0 Å². The van der Waals surface area contributed by atoms with Gasteiger partial charge in [-0.1, -0.05) is 0 Å². The fraction of sp³-hybridized carbons (Fsp3) is 0.444. The van der Waals surface area contributed by atoms with Gasteiger partial charge in [-0.2, -0.15) is 13.2 Å². The van der Waals surface area contributed by atoms with Gasteiger partial charge in [-0.05, 0) is 17.8 Å². The van der Waals surface area contributed by atoms with Crippen LogP contribution in [0.5, 0.6) is 5.88 Å². The van der Waals surface area contributed by atoms with Crippen molar-refractivity contribution in [3.63, 3.8) is 0 Å². The number of alkyl halides is 3. The Kier molecular flexibility index (Phi) is 4.72. The lowest BCUT2D eigenvalue weighted by Gasteiger charge is -2.07. The van der Waals surface area contributed by atoms with E-state index in [4.69, 9.17) is 4.74 Å². The molecule has 1 rings (SSSR count). The summed E-state index contributed by atoms with van der Waals surface area (Å²) in [6.45, 7) is 0.234. The molecule has 0 aliphatic carbocycles. The van der Waals surface area contributed by atoms with Gasteiger partial charge in [-0.15, -0.1) is 0 Å². The van der Waals surface area contributed by atoms with Crippen LogP contribution in [-0.2, 0) is 0 Å². The molecule has 0 atom stereocenters. The summed E-state index contributed by atoms with van der Waals surface area (Å²) in [6, 6.07) is 3.34. The average Bonchev–Trinajstić information content (AvgIpc) is 2.24. The zero-order valence-electron chi connectivity index (χ0n) is 8.54. The lowest BCUT2D eigenvalue weighted by Crippen LogP contribution is -2.09. The summed E-state index contributed by atoms with van der Waals surface area (Å²) in [6.07, 6.45) is 1.51. The molecule has 90 valence electrons. The number of methoxy groups -OCH3 is 1. The minimum absolute atomic E-state index is 0.0322. The molecule has 16 heavy (non-hydrogen) atoms. The van der Waals surface area contributed by atoms with E-state index in [1.54, 1.807) is 12.1 Å². The first-order chi connectivity index (χ1) is 7.51. The maximum atomic E-state index is 11.8. The van der Waals surface area contributed by atoms with Crippen molar-refractivity contribution in [2.24, 2.45) is 0 Å². The topological polar surface area (TPSA) is 34.1 Å². The molecular weight excluding hydrogens is 241 g/mol. The number of hydrogen-bond donors (Lipinski definition) is 1. The van der Waals surface area contributed by atoms with E-state index in [1.165, 1.54) is 13.3 Å². The Morgan fingerprint density at radius 2 is 2.19 bits per heavy atom. The van der Waals surface area contributed by atoms with Crippen molar-refractivity contribution in [2.45, 2.75) is 5.51 Å². The number of pyridine rings is 1. The predicted molar refractivity (Wildman–Crippen MR) is 57.8 cm³/mol. The lowest BCUT2D eigenvalue weighted by atomic mass is 10.4. The molecule has 0 amide bonds. The van der Waals surface area contributed by atoms with Crippen LogP contribution in [0.15, 0.2) is 18.3 Å². The SMILES string of the molecule is COc1ccc(NCCSC(F)(F)F)cn1. The van der Waals surface area contributed by atoms with Crippen LogP contribution in [0, 0.1) is 0 Å². The molecule has 0 fully saturated rings. The molecule has 0 aliphatic heterocycles. The molecular formula is C9H11F3N2OS. The van der Waals surface area contributed by atoms with Crippen LogP contribution in [-0.4, -0.2) is 29.9 Å². The Morgan fingerprint density at radius 1 is 1.44 bits per heavy atom. The first-order valence-electron chi connectivity index (χ1n) is 4.46. The van der Waals surface area contributed by atoms with Crippen LogP contribution in [0.25, 0.3) is 0 Å². The quantitative estimate of drug-likeness (QED) is 0.817. The number of ether oxygens (including phenoxy) is 1. The predicted octanol–water partition coefficient (Wildman–Crippen LogP) is 2.76. The van der Waals surface area contributed by atoms with E-state index < -0.39 is 5.51 Å². The summed E-state index contributed by atoms with van der Waals surface area (Å²) in [5, 5.41) is 2.83. The van der Waals surface area contributed by atoms with Crippen LogP contribution >= 0.6 is 11.8 Å². The van der Waals surface area contributed by atoms with Crippen molar-refractivity contribution < 1.29 is 17.9 Å². The van der Waals surface area contributed by atoms with E-state index in [0.717, 1.165) is 0 Å². The Labute approximate surface area is 95.4 Å². The number of nitrogens with one attached hydrogen (secondary N) is 1. The number of aromatic nitrogens is 1. The van der Waals surface area contributed by atoms with E-state index >= 15 is 0 Å². The molecule has 0 radical (unpaired) electrons. The summed E-state index contributed by atoms with van der Waals surface area (Å²) >= 11 is -0.0471. The third-order valence-electron chi connectivity index (χ3n) is 1.64. The maximum absolute atomic E-state index is 11.8. The van der Waals surface area contributed by atoms with Gasteiger partial charge in [-0.3, -0.25) is 0 Å². The molecule has 0 spiro atoms. The maximum Gasteiger partial charge on any atom is 0.441 e. The van der Waals surface area contributed by atoms with E-state index in [2.05, 4.69) is 10.3 Å². The zero-order valence-corrected chi connectivity index (χ0v) is 9.36. The number of nitrogens with zero attached hydrogens (tertiary/aromatic N) is 1. The Balaban J connectivity index is 2.27. The minimum atomic E-state index is -4.17. The van der Waals surface area contributed by atoms with E-state index in [0.29, 0.717) is 11.6 Å². The van der Waals surface area contributed by atoms with Crippen LogP contribution < -0.4 is 10.1 Å². The van der Waals surface area contributed by atoms with E-state index in [1.807, 2.05) is 0 Å². The van der Waals surface area contributed by atoms with Gasteiger partial charge in [-0.25, -0.2) is 4.98 Å². The highest BCUT2D eigenvalue weighted by molar-refractivity contribution is 8.00. The standard InChI is InChI=1S/C9H11F3N2OS/c1-15-8-3-2-7(6-14-8)13-4-5-16-9(10,11)12/h2-3,6,13H,4-5H2,1H3. The molecule has 0 aliphatic rings. The molecule has 0 saturated carbocycles. The lowest BCUT2D eigenvalue weighted by molar-refractivity contribution is -0.0327. The van der Waals surface area contributed by atoms with Crippen LogP contribution in [0.3, 0.4) is 0 Å². The second-order valence-electron chi connectivity index (χ2n) is 2.81. The molecule has 0 bridgehead atoms. The normalized spacial score (nSPS) is 11.2. The van der Waals surface area contributed by atoms with Crippen molar-refractivity contribution in [1.82, 2.24) is 4.98 Å². The van der Waals surface area contributed by atoms with Crippen molar-refractivity contribution in [3.8, 4) is 5.88 Å². The zero-order chi connectivity index (χ0) is 12.0. The number of anilines is 1. The third-order valence-corrected chi connectivity index (χ3v) is 2.38. The highest BCUT2D eigenvalue weighted by Crippen LogP contribution is 2.29. The Morgan fingerprint density at radius 3 is 2.69 bits per heavy atom. The van der Waals surface area contributed by atoms with Gasteiger partial charge in [0.25, 0.3) is 0 Å². The molecule has 0 aromatic carbocycles. The number of hydrogen-bond acceptors (Lipinski definition) is 4. The second kappa shape index (κ2) is 5.83. The van der Waals surface area contributed by atoms with Gasteiger partial charge in [0.05, 0.1) is 19.0 Å². The third kappa shape index (κ3) is 5.11. The Bertz CT molecular complexity index is 316. The smallest absolute Gasteiger partial charge is 0.441 e. The highest BCUT2D eigenvalue weighted by Gasteiger charge is 2.27. The molecule has 1 aromatic rings. The van der Waals surface area contributed by atoms with Crippen LogP contribution in [0.1, 0.15) is 0 Å². The first kappa shape index (κ1) is 13.0. The largest absolute Gasteiger partial charge is 0.481 e. The number of rotatable bonds is 5. The summed E-state index contributed by atoms with van der Waals surface area (Å²) in [4.78, 5) is 3.91. The molecule has 7 heteroatoms. The van der Waals surface area contributed by atoms with Gasteiger partial charge < -0.3 is 10.1 Å². The van der Waals surface area contributed by atoms with E-state index in [9.17, 15) is 13.2 Å². The Hall–Kier alpha value is -1.11. The van der Waals surface area contributed by atoms with Gasteiger partial charge >= 0.3 is 5.51 Å². The second-order valence-corrected chi connectivity index (χ2v) is 3.97. The van der Waals surface area contributed by atoms with E-state index in [-0.39, 0.29) is 24.1 Å². The average molecular weight is 252 g/mol. The fourth-order valence-electron chi connectivity index (χ4n) is 0.968. The van der Waals surface area contributed by atoms with Gasteiger partial charge in [0.2, 0.25) is 5.88 Å². The number of thioether (sulfide) groups is 1. The van der Waals surface area contributed by atoms with Crippen molar-refractivity contribution in [3.05, 3.63) is 18.3 Å². The molecule has 0 saturated heterocycles. The first-order valence-corrected chi connectivity index (χ1v) is 5.44. The summed E-state index contributed by atoms with van der Waals surface area (Å²) < 4.78 is 40.2. The minimum Gasteiger partial charge on any atom is -0.481 e. The molecule has 1 heterocycles. The van der Waals surface area contributed by atoms with Gasteiger partial charge in [0.1, 0.15) is 0 Å². The molecule has 3 nitrogen and oxygen atoms in total. The van der Waals surface area contributed by atoms with Crippen molar-refractivity contribution in [1.29, 1.82) is 0 Å². The monoisotopic (exact) mass is 252 g/mol. The number of halogens is 3. The summed E-state index contributed by atoms with van der Waals surface area (Å²) in [5.41, 5.74) is -3.50. The summed E-state index contributed by atoms with van der Waals surface area (Å²) in [5.74, 6) is 0.436. The molecule has 1 aromatic heterocycles. The summed E-state index contributed by atoms with van der Waals surface area (Å²) in [7, 11) is 1.50. The molecule has 0 unspecified atom stereocenters.